The largest absolute Gasteiger partial charge is 0.322 e. The van der Waals surface area contributed by atoms with Crippen LogP contribution in [0.5, 0.6) is 0 Å². The van der Waals surface area contributed by atoms with Crippen LogP contribution in [0.25, 0.3) is 11.0 Å². The summed E-state index contributed by atoms with van der Waals surface area (Å²) in [6.45, 7) is 2.37. The zero-order valence-corrected chi connectivity index (χ0v) is 12.0. The number of imidazole rings is 1. The quantitative estimate of drug-likeness (QED) is 0.696. The third kappa shape index (κ3) is 2.18. The second-order valence-electron chi connectivity index (χ2n) is 4.86. The van der Waals surface area contributed by atoms with Crippen LogP contribution in [0.1, 0.15) is 17.0 Å². The van der Waals surface area contributed by atoms with Crippen LogP contribution in [0, 0.1) is 12.7 Å². The van der Waals surface area contributed by atoms with Crippen molar-refractivity contribution in [1.29, 1.82) is 0 Å². The van der Waals surface area contributed by atoms with E-state index >= 15 is 0 Å². The van der Waals surface area contributed by atoms with E-state index in [1.165, 1.54) is 6.07 Å². The lowest BCUT2D eigenvalue weighted by Crippen LogP contribution is -2.03. The molecule has 0 bridgehead atoms. The van der Waals surface area contributed by atoms with Gasteiger partial charge < -0.3 is 4.57 Å². The van der Waals surface area contributed by atoms with Gasteiger partial charge in [0.15, 0.2) is 0 Å². The molecule has 2 heterocycles. The van der Waals surface area contributed by atoms with Crippen LogP contribution in [0.2, 0.25) is 0 Å². The van der Waals surface area contributed by atoms with Gasteiger partial charge in [0.25, 0.3) is 0 Å². The molecule has 3 aromatic rings. The summed E-state index contributed by atoms with van der Waals surface area (Å²) in [6.07, 6.45) is 3.75. The molecule has 2 aromatic heterocycles. The molecule has 0 aliphatic rings. The predicted molar refractivity (Wildman–Crippen MR) is 76.3 cm³/mol. The zero-order chi connectivity index (χ0) is 14.3. The number of benzene rings is 1. The SMILES string of the molecule is Cc1cc2c(cc1F)nc(CCl)n2Cc1cnn(C)c1. The molecule has 0 saturated carbocycles. The van der Waals surface area contributed by atoms with Gasteiger partial charge in [-0.05, 0) is 18.6 Å². The Balaban J connectivity index is 2.14. The molecule has 3 rings (SSSR count). The lowest BCUT2D eigenvalue weighted by atomic mass is 10.2. The molecule has 0 aliphatic heterocycles. The highest BCUT2D eigenvalue weighted by Gasteiger charge is 2.13. The highest BCUT2D eigenvalue weighted by Crippen LogP contribution is 2.22. The Morgan fingerprint density at radius 3 is 2.80 bits per heavy atom. The number of rotatable bonds is 3. The van der Waals surface area contributed by atoms with E-state index in [0.717, 1.165) is 16.9 Å². The predicted octanol–water partition coefficient (Wildman–Crippen LogP) is 3.00. The van der Waals surface area contributed by atoms with Crippen molar-refractivity contribution in [2.45, 2.75) is 19.3 Å². The molecule has 0 aliphatic carbocycles. The zero-order valence-electron chi connectivity index (χ0n) is 11.3. The van der Waals surface area contributed by atoms with E-state index in [1.54, 1.807) is 17.8 Å². The van der Waals surface area contributed by atoms with Gasteiger partial charge in [-0.3, -0.25) is 4.68 Å². The van der Waals surface area contributed by atoms with E-state index in [9.17, 15) is 4.39 Å². The summed E-state index contributed by atoms with van der Waals surface area (Å²) in [6, 6.07) is 3.27. The van der Waals surface area contributed by atoms with Crippen molar-refractivity contribution in [2.24, 2.45) is 7.05 Å². The van der Waals surface area contributed by atoms with E-state index < -0.39 is 0 Å². The molecule has 104 valence electrons. The second-order valence-corrected chi connectivity index (χ2v) is 5.13. The van der Waals surface area contributed by atoms with Crippen LogP contribution in [0.15, 0.2) is 24.5 Å². The lowest BCUT2D eigenvalue weighted by Gasteiger charge is -2.06. The Kier molecular flexibility index (Phi) is 3.22. The topological polar surface area (TPSA) is 35.6 Å². The van der Waals surface area contributed by atoms with Gasteiger partial charge in [-0.25, -0.2) is 9.37 Å². The second kappa shape index (κ2) is 4.90. The number of halogens is 2. The maximum absolute atomic E-state index is 13.6. The molecule has 0 fully saturated rings. The molecule has 0 unspecified atom stereocenters. The fraction of sp³-hybridized carbons (Fsp3) is 0.286. The van der Waals surface area contributed by atoms with Crippen molar-refractivity contribution in [3.8, 4) is 0 Å². The molecule has 0 amide bonds. The van der Waals surface area contributed by atoms with Crippen LogP contribution >= 0.6 is 11.6 Å². The minimum atomic E-state index is -0.246. The van der Waals surface area contributed by atoms with Gasteiger partial charge in [-0.2, -0.15) is 5.10 Å². The number of aryl methyl sites for hydroxylation is 2. The van der Waals surface area contributed by atoms with Gasteiger partial charge in [0, 0.05) is 24.9 Å². The summed E-state index contributed by atoms with van der Waals surface area (Å²) in [5.41, 5.74) is 3.18. The maximum atomic E-state index is 13.6. The molecule has 0 N–H and O–H groups in total. The van der Waals surface area contributed by atoms with Crippen molar-refractivity contribution in [2.75, 3.05) is 0 Å². The summed E-state index contributed by atoms with van der Waals surface area (Å²) in [7, 11) is 1.87. The van der Waals surface area contributed by atoms with Crippen molar-refractivity contribution >= 4 is 22.6 Å². The number of fused-ring (bicyclic) bond motifs is 1. The summed E-state index contributed by atoms with van der Waals surface area (Å²) in [5, 5.41) is 4.15. The molecule has 20 heavy (non-hydrogen) atoms. The van der Waals surface area contributed by atoms with Gasteiger partial charge in [0.1, 0.15) is 11.6 Å². The number of hydrogen-bond donors (Lipinski definition) is 0. The van der Waals surface area contributed by atoms with Crippen LogP contribution in [-0.4, -0.2) is 19.3 Å². The van der Waals surface area contributed by atoms with Crippen LogP contribution in [0.3, 0.4) is 0 Å². The first-order chi connectivity index (χ1) is 9.58. The fourth-order valence-electron chi connectivity index (χ4n) is 2.31. The fourth-order valence-corrected chi connectivity index (χ4v) is 2.52. The Labute approximate surface area is 120 Å². The summed E-state index contributed by atoms with van der Waals surface area (Å²) in [4.78, 5) is 4.40. The van der Waals surface area contributed by atoms with E-state index in [-0.39, 0.29) is 11.7 Å². The van der Waals surface area contributed by atoms with E-state index in [4.69, 9.17) is 11.6 Å². The maximum Gasteiger partial charge on any atom is 0.128 e. The first-order valence-electron chi connectivity index (χ1n) is 6.27. The minimum Gasteiger partial charge on any atom is -0.322 e. The average molecular weight is 293 g/mol. The molecule has 4 nitrogen and oxygen atoms in total. The van der Waals surface area contributed by atoms with Gasteiger partial charge in [-0.15, -0.1) is 11.6 Å². The first kappa shape index (κ1) is 13.1. The van der Waals surface area contributed by atoms with Crippen molar-refractivity contribution in [1.82, 2.24) is 19.3 Å². The average Bonchev–Trinajstić information content (AvgIpc) is 2.96. The van der Waals surface area contributed by atoms with Crippen molar-refractivity contribution in [3.63, 3.8) is 0 Å². The van der Waals surface area contributed by atoms with Gasteiger partial charge in [-0.1, -0.05) is 0 Å². The van der Waals surface area contributed by atoms with Crippen molar-refractivity contribution < 1.29 is 4.39 Å². The highest BCUT2D eigenvalue weighted by molar-refractivity contribution is 6.16. The molecule has 0 spiro atoms. The summed E-state index contributed by atoms with van der Waals surface area (Å²) >= 11 is 5.96. The number of nitrogens with zero attached hydrogens (tertiary/aromatic N) is 4. The van der Waals surface area contributed by atoms with Crippen LogP contribution in [0.4, 0.5) is 4.39 Å². The van der Waals surface area contributed by atoms with Crippen LogP contribution < -0.4 is 0 Å². The molecule has 0 atom stereocenters. The normalized spacial score (nSPS) is 11.4. The lowest BCUT2D eigenvalue weighted by molar-refractivity contribution is 0.620. The van der Waals surface area contributed by atoms with Crippen molar-refractivity contribution in [3.05, 3.63) is 47.3 Å². The van der Waals surface area contributed by atoms with E-state index in [0.29, 0.717) is 17.6 Å². The number of alkyl halides is 1. The van der Waals surface area contributed by atoms with Gasteiger partial charge in [0.05, 0.1) is 29.7 Å². The minimum absolute atomic E-state index is 0.246. The smallest absolute Gasteiger partial charge is 0.128 e. The Morgan fingerprint density at radius 2 is 2.15 bits per heavy atom. The summed E-state index contributed by atoms with van der Waals surface area (Å²) in [5.74, 6) is 0.774. The third-order valence-electron chi connectivity index (χ3n) is 3.33. The van der Waals surface area contributed by atoms with Gasteiger partial charge >= 0.3 is 0 Å². The Bertz CT molecular complexity index is 775. The Hall–Kier alpha value is -1.88. The molecule has 1 aromatic carbocycles. The number of hydrogen-bond acceptors (Lipinski definition) is 2. The third-order valence-corrected chi connectivity index (χ3v) is 3.57. The van der Waals surface area contributed by atoms with Gasteiger partial charge in [0.2, 0.25) is 0 Å². The monoisotopic (exact) mass is 292 g/mol. The molecule has 0 radical (unpaired) electrons. The highest BCUT2D eigenvalue weighted by atomic mass is 35.5. The van der Waals surface area contributed by atoms with Crippen LogP contribution in [-0.2, 0) is 19.5 Å². The number of aromatic nitrogens is 4. The van der Waals surface area contributed by atoms with E-state index in [1.807, 2.05) is 23.9 Å². The summed E-state index contributed by atoms with van der Waals surface area (Å²) < 4.78 is 17.4. The Morgan fingerprint density at radius 1 is 1.35 bits per heavy atom. The standard InChI is InChI=1S/C14H14ClFN4/c1-9-3-13-12(4-11(9)16)18-14(5-15)20(13)8-10-6-17-19(2)7-10/h3-4,6-7H,5,8H2,1-2H3. The molecular formula is C14H14ClFN4. The molecular weight excluding hydrogens is 279 g/mol. The molecule has 0 saturated heterocycles. The first-order valence-corrected chi connectivity index (χ1v) is 6.80. The molecule has 6 heteroatoms. The van der Waals surface area contributed by atoms with E-state index in [2.05, 4.69) is 10.1 Å².